The highest BCUT2D eigenvalue weighted by Crippen LogP contribution is 2.43. The molecule has 210 valence electrons. The molecule has 3 nitrogen and oxygen atoms in total. The zero-order valence-corrected chi connectivity index (χ0v) is 24.3. The quantitative estimate of drug-likeness (QED) is 0.196. The third-order valence-electron chi connectivity index (χ3n) is 9.32. The van der Waals surface area contributed by atoms with Crippen molar-refractivity contribution >= 4 is 87.4 Å². The Bertz CT molecular complexity index is 2770. The first-order valence-corrected chi connectivity index (χ1v) is 15.4. The van der Waals surface area contributed by atoms with Crippen LogP contribution in [0.25, 0.3) is 76.1 Å². The van der Waals surface area contributed by atoms with Crippen LogP contribution in [0.1, 0.15) is 0 Å². The molecule has 0 saturated carbocycles. The number of hydrogen-bond acceptors (Lipinski definition) is 2. The molecular weight excluding hydrogens is 548 g/mol. The molecule has 3 heteroatoms. The summed E-state index contributed by atoms with van der Waals surface area (Å²) in [5, 5.41) is 14.6. The van der Waals surface area contributed by atoms with Crippen molar-refractivity contribution in [1.82, 2.24) is 4.68 Å². The number of furan rings is 1. The summed E-state index contributed by atoms with van der Waals surface area (Å²) in [6.07, 6.45) is 0. The minimum Gasteiger partial charge on any atom is -0.454 e. The summed E-state index contributed by atoms with van der Waals surface area (Å²) in [6.45, 7) is 0. The van der Waals surface area contributed by atoms with Crippen LogP contribution in [0.4, 0.5) is 11.4 Å². The van der Waals surface area contributed by atoms with Crippen molar-refractivity contribution in [2.75, 3.05) is 5.01 Å². The Hall–Kier alpha value is -6.06. The topological polar surface area (TPSA) is 21.3 Å². The lowest BCUT2D eigenvalue weighted by molar-refractivity contribution is 0.666. The molecule has 8 aromatic carbocycles. The predicted molar refractivity (Wildman–Crippen MR) is 190 cm³/mol. The van der Waals surface area contributed by atoms with Crippen LogP contribution in [0.3, 0.4) is 0 Å². The highest BCUT2D eigenvalue weighted by molar-refractivity contribution is 6.22. The summed E-state index contributed by atoms with van der Waals surface area (Å²) in [6, 6.07) is 56.6. The first-order valence-electron chi connectivity index (χ1n) is 15.4. The second-order valence-corrected chi connectivity index (χ2v) is 11.8. The molecule has 0 unspecified atom stereocenters. The van der Waals surface area contributed by atoms with Gasteiger partial charge in [0.1, 0.15) is 11.3 Å². The Morgan fingerprint density at radius 2 is 1.09 bits per heavy atom. The van der Waals surface area contributed by atoms with Crippen molar-refractivity contribution in [3.63, 3.8) is 0 Å². The lowest BCUT2D eigenvalue weighted by Crippen LogP contribution is -2.24. The van der Waals surface area contributed by atoms with Gasteiger partial charge in [0.2, 0.25) is 0 Å². The number of anilines is 2. The smallest absolute Gasteiger partial charge is 0.161 e. The Morgan fingerprint density at radius 3 is 1.98 bits per heavy atom. The lowest BCUT2D eigenvalue weighted by Gasteiger charge is -2.28. The fourth-order valence-electron chi connectivity index (χ4n) is 7.31. The van der Waals surface area contributed by atoms with Gasteiger partial charge in [-0.15, -0.1) is 0 Å². The fourth-order valence-corrected chi connectivity index (χ4v) is 7.31. The minimum atomic E-state index is 0.868. The molecule has 0 saturated heterocycles. The van der Waals surface area contributed by atoms with Crippen molar-refractivity contribution in [2.45, 2.75) is 0 Å². The van der Waals surface area contributed by atoms with Crippen molar-refractivity contribution in [3.05, 3.63) is 158 Å². The second-order valence-electron chi connectivity index (χ2n) is 11.8. The zero-order chi connectivity index (χ0) is 29.5. The van der Waals surface area contributed by atoms with Crippen molar-refractivity contribution in [2.24, 2.45) is 0 Å². The molecule has 0 aliphatic carbocycles. The van der Waals surface area contributed by atoms with Gasteiger partial charge in [0, 0.05) is 21.5 Å². The predicted octanol–water partition coefficient (Wildman–Crippen LogP) is 11.8. The van der Waals surface area contributed by atoms with Gasteiger partial charge in [0.25, 0.3) is 0 Å². The van der Waals surface area contributed by atoms with Crippen LogP contribution in [-0.4, -0.2) is 4.68 Å². The molecule has 0 aliphatic heterocycles. The molecular formula is C42H26N2O. The van der Waals surface area contributed by atoms with Crippen LogP contribution in [0.15, 0.2) is 162 Å². The fraction of sp³-hybridized carbons (Fsp3) is 0. The molecule has 0 aliphatic rings. The van der Waals surface area contributed by atoms with E-state index in [-0.39, 0.29) is 0 Å². The van der Waals surface area contributed by atoms with E-state index in [4.69, 9.17) is 4.42 Å². The van der Waals surface area contributed by atoms with E-state index in [1.165, 1.54) is 43.1 Å². The van der Waals surface area contributed by atoms with Crippen LogP contribution < -0.4 is 5.01 Å². The summed E-state index contributed by atoms with van der Waals surface area (Å²) >= 11 is 0. The Morgan fingerprint density at radius 1 is 0.400 bits per heavy atom. The van der Waals surface area contributed by atoms with E-state index in [0.29, 0.717) is 0 Å². The standard InChI is InChI=1S/C42H26N2O/c1-2-12-29(13-3-1)43(39-19-10-17-35-34-16-7-9-20-41(34)45-42(35)39)44-38-18-8-6-15-33(38)37-26-36-28(25-40(37)44)22-24-31-30-14-5-4-11-27(30)21-23-32(31)36/h1-26H. The van der Waals surface area contributed by atoms with Gasteiger partial charge in [-0.3, -0.25) is 0 Å². The second kappa shape index (κ2) is 9.22. The van der Waals surface area contributed by atoms with Gasteiger partial charge in [-0.1, -0.05) is 115 Å². The third-order valence-corrected chi connectivity index (χ3v) is 9.32. The number of hydrogen-bond donors (Lipinski definition) is 0. The number of nitrogens with zero attached hydrogens (tertiary/aromatic N) is 2. The van der Waals surface area contributed by atoms with E-state index in [1.54, 1.807) is 0 Å². The van der Waals surface area contributed by atoms with Crippen LogP contribution >= 0.6 is 0 Å². The normalized spacial score (nSPS) is 12.0. The molecule has 2 heterocycles. The first-order chi connectivity index (χ1) is 22.3. The van der Waals surface area contributed by atoms with Crippen LogP contribution in [0.5, 0.6) is 0 Å². The summed E-state index contributed by atoms with van der Waals surface area (Å²) in [5.41, 5.74) is 6.07. The van der Waals surface area contributed by atoms with Crippen LogP contribution in [0.2, 0.25) is 0 Å². The third kappa shape index (κ3) is 3.46. The summed E-state index contributed by atoms with van der Waals surface area (Å²) < 4.78 is 8.97. The molecule has 10 rings (SSSR count). The summed E-state index contributed by atoms with van der Waals surface area (Å²) in [5.74, 6) is 0. The Kier molecular flexibility index (Phi) is 5.00. The van der Waals surface area contributed by atoms with E-state index >= 15 is 0 Å². The van der Waals surface area contributed by atoms with Gasteiger partial charge in [0.15, 0.2) is 5.58 Å². The van der Waals surface area contributed by atoms with Gasteiger partial charge < -0.3 is 4.42 Å². The number of benzene rings is 8. The molecule has 0 amide bonds. The molecule has 0 bridgehead atoms. The maximum Gasteiger partial charge on any atom is 0.161 e. The first kappa shape index (κ1) is 24.4. The van der Waals surface area contributed by atoms with Gasteiger partial charge in [-0.25, -0.2) is 9.69 Å². The van der Waals surface area contributed by atoms with E-state index in [9.17, 15) is 0 Å². The maximum atomic E-state index is 6.61. The van der Waals surface area contributed by atoms with Gasteiger partial charge in [0.05, 0.1) is 16.7 Å². The molecule has 2 aromatic heterocycles. The van der Waals surface area contributed by atoms with E-state index in [1.807, 2.05) is 12.1 Å². The van der Waals surface area contributed by atoms with Gasteiger partial charge in [-0.2, -0.15) is 0 Å². The number of para-hydroxylation sites is 4. The monoisotopic (exact) mass is 574 g/mol. The average Bonchev–Trinajstić information content (AvgIpc) is 3.64. The summed E-state index contributed by atoms with van der Waals surface area (Å²) in [7, 11) is 0. The molecule has 10 aromatic rings. The average molecular weight is 575 g/mol. The number of fused-ring (bicyclic) bond motifs is 11. The molecule has 45 heavy (non-hydrogen) atoms. The molecule has 0 spiro atoms. The highest BCUT2D eigenvalue weighted by atomic mass is 16.3. The molecule has 0 N–H and O–H groups in total. The summed E-state index contributed by atoms with van der Waals surface area (Å²) in [4.78, 5) is 0. The van der Waals surface area contributed by atoms with Gasteiger partial charge in [-0.05, 0) is 74.8 Å². The number of rotatable bonds is 3. The van der Waals surface area contributed by atoms with Crippen molar-refractivity contribution in [3.8, 4) is 0 Å². The Balaban J connectivity index is 1.33. The van der Waals surface area contributed by atoms with Gasteiger partial charge >= 0.3 is 0 Å². The van der Waals surface area contributed by atoms with Crippen LogP contribution in [-0.2, 0) is 0 Å². The maximum absolute atomic E-state index is 6.61. The van der Waals surface area contributed by atoms with Crippen LogP contribution in [0, 0.1) is 0 Å². The minimum absolute atomic E-state index is 0.868. The Labute approximate surface area is 258 Å². The lowest BCUT2D eigenvalue weighted by atomic mass is 9.96. The number of aromatic nitrogens is 1. The van der Waals surface area contributed by atoms with Crippen molar-refractivity contribution < 1.29 is 4.42 Å². The van der Waals surface area contributed by atoms with E-state index in [2.05, 4.69) is 155 Å². The highest BCUT2D eigenvalue weighted by Gasteiger charge is 2.23. The molecule has 0 radical (unpaired) electrons. The zero-order valence-electron chi connectivity index (χ0n) is 24.3. The van der Waals surface area contributed by atoms with Crippen molar-refractivity contribution in [1.29, 1.82) is 0 Å². The van der Waals surface area contributed by atoms with E-state index in [0.717, 1.165) is 44.3 Å². The molecule has 0 fully saturated rings. The largest absolute Gasteiger partial charge is 0.454 e. The SMILES string of the molecule is c1ccc(N(c2cccc3c2oc2ccccc23)n2c3ccccc3c3cc4c(ccc5c6ccccc6ccc45)cc32)cc1. The molecule has 0 atom stereocenters. The van der Waals surface area contributed by atoms with E-state index < -0.39 is 0 Å².